The van der Waals surface area contributed by atoms with Crippen LogP contribution in [0.4, 0.5) is 0 Å². The lowest BCUT2D eigenvalue weighted by Crippen LogP contribution is -2.46. The van der Waals surface area contributed by atoms with Gasteiger partial charge in [0.1, 0.15) is 0 Å². The number of allylic oxidation sites excluding steroid dienone is 5. The molecule has 2 fully saturated rings. The third kappa shape index (κ3) is 3.79. The molecule has 7 atom stereocenters. The van der Waals surface area contributed by atoms with Crippen molar-refractivity contribution in [3.63, 3.8) is 0 Å². The monoisotopic (exact) mass is 438 g/mol. The minimum atomic E-state index is -0.196. The molecule has 32 heavy (non-hydrogen) atoms. The van der Waals surface area contributed by atoms with Crippen LogP contribution >= 0.6 is 0 Å². The number of hydrogen-bond donors (Lipinski definition) is 1. The largest absolute Gasteiger partial charge is 0.389 e. The van der Waals surface area contributed by atoms with Crippen LogP contribution in [0, 0.1) is 40.4 Å². The van der Waals surface area contributed by atoms with Gasteiger partial charge in [-0.05, 0) is 124 Å². The van der Waals surface area contributed by atoms with Crippen molar-refractivity contribution in [2.45, 2.75) is 119 Å². The van der Waals surface area contributed by atoms with Gasteiger partial charge in [-0.1, -0.05) is 63.5 Å². The first-order chi connectivity index (χ1) is 15.2. The van der Waals surface area contributed by atoms with E-state index in [4.69, 9.17) is 0 Å². The van der Waals surface area contributed by atoms with Crippen molar-refractivity contribution < 1.29 is 5.11 Å². The maximum atomic E-state index is 10.7. The quantitative estimate of drug-likeness (QED) is 0.426. The van der Waals surface area contributed by atoms with Gasteiger partial charge in [0.15, 0.2) is 0 Å². The lowest BCUT2D eigenvalue weighted by Gasteiger charge is -2.55. The summed E-state index contributed by atoms with van der Waals surface area (Å²) in [5.41, 5.74) is 7.53. The average Bonchev–Trinajstić information content (AvgIpc) is 3.11. The number of fused-ring (bicyclic) bond motifs is 4. The smallest absolute Gasteiger partial charge is 0.0753 e. The molecule has 0 spiro atoms. The van der Waals surface area contributed by atoms with Gasteiger partial charge in [-0.2, -0.15) is 0 Å². The zero-order valence-corrected chi connectivity index (χ0v) is 22.1. The Morgan fingerprint density at radius 2 is 1.75 bits per heavy atom. The third-order valence-corrected chi connectivity index (χ3v) is 11.0. The Hall–Kier alpha value is -0.820. The van der Waals surface area contributed by atoms with E-state index in [2.05, 4.69) is 60.6 Å². The van der Waals surface area contributed by atoms with Gasteiger partial charge in [0.25, 0.3) is 0 Å². The predicted octanol–water partition coefficient (Wildman–Crippen LogP) is 8.65. The molecule has 0 radical (unpaired) electrons. The Balaban J connectivity index is 1.56. The van der Waals surface area contributed by atoms with Crippen molar-refractivity contribution in [3.8, 4) is 0 Å². The fourth-order valence-corrected chi connectivity index (χ4v) is 9.15. The van der Waals surface area contributed by atoms with Crippen LogP contribution in [0.25, 0.3) is 0 Å². The highest BCUT2D eigenvalue weighted by molar-refractivity contribution is 5.38. The molecule has 0 saturated heterocycles. The van der Waals surface area contributed by atoms with Gasteiger partial charge in [0.2, 0.25) is 0 Å². The van der Waals surface area contributed by atoms with Crippen LogP contribution < -0.4 is 0 Å². The first-order valence-electron chi connectivity index (χ1n) is 13.9. The van der Waals surface area contributed by atoms with E-state index in [1.165, 1.54) is 63.4 Å². The maximum absolute atomic E-state index is 10.7. The molecule has 4 rings (SSSR count). The van der Waals surface area contributed by atoms with Crippen LogP contribution in [-0.4, -0.2) is 11.2 Å². The lowest BCUT2D eigenvalue weighted by atomic mass is 9.49. The Bertz CT molecular complexity index is 797. The minimum Gasteiger partial charge on any atom is -0.389 e. The molecule has 0 aliphatic heterocycles. The fraction of sp³-hybridized carbons (Fsp3) is 0.806. The van der Waals surface area contributed by atoms with Crippen molar-refractivity contribution in [2.75, 3.05) is 0 Å². The second kappa shape index (κ2) is 9.09. The van der Waals surface area contributed by atoms with Gasteiger partial charge in [-0.3, -0.25) is 0 Å². The Morgan fingerprint density at radius 3 is 2.41 bits per heavy atom. The summed E-state index contributed by atoms with van der Waals surface area (Å²) in [6, 6.07) is 0. The van der Waals surface area contributed by atoms with Gasteiger partial charge in [0, 0.05) is 0 Å². The molecule has 0 amide bonds. The Labute approximate surface area is 198 Å². The molecule has 1 N–H and O–H groups in total. The normalized spacial score (nSPS) is 42.2. The number of aliphatic hydroxyl groups is 1. The highest BCUT2D eigenvalue weighted by Crippen LogP contribution is 2.66. The van der Waals surface area contributed by atoms with Gasteiger partial charge in [0.05, 0.1) is 6.10 Å². The van der Waals surface area contributed by atoms with E-state index in [-0.39, 0.29) is 6.10 Å². The minimum absolute atomic E-state index is 0.196. The molecule has 2 saturated carbocycles. The Morgan fingerprint density at radius 1 is 1.00 bits per heavy atom. The van der Waals surface area contributed by atoms with E-state index in [0.717, 1.165) is 24.2 Å². The topological polar surface area (TPSA) is 20.2 Å². The van der Waals surface area contributed by atoms with E-state index < -0.39 is 0 Å². The summed E-state index contributed by atoms with van der Waals surface area (Å²) >= 11 is 0. The molecule has 4 aliphatic rings. The molecular weight excluding hydrogens is 388 g/mol. The zero-order chi connectivity index (χ0) is 23.3. The number of aliphatic hydroxyl groups excluding tert-OH is 1. The lowest BCUT2D eigenvalue weighted by molar-refractivity contribution is 0.0547. The second-order valence-electron chi connectivity index (χ2n) is 12.6. The van der Waals surface area contributed by atoms with Crippen molar-refractivity contribution >= 4 is 0 Å². The maximum Gasteiger partial charge on any atom is 0.0753 e. The van der Waals surface area contributed by atoms with Crippen LogP contribution in [0.2, 0.25) is 0 Å². The molecule has 180 valence electrons. The van der Waals surface area contributed by atoms with E-state index in [1.807, 2.05) is 11.1 Å². The van der Waals surface area contributed by atoms with Crippen molar-refractivity contribution in [2.24, 2.45) is 40.4 Å². The van der Waals surface area contributed by atoms with Crippen molar-refractivity contribution in [1.29, 1.82) is 0 Å². The summed E-state index contributed by atoms with van der Waals surface area (Å²) < 4.78 is 0. The first-order valence-corrected chi connectivity index (χ1v) is 13.9. The van der Waals surface area contributed by atoms with Crippen LogP contribution in [-0.2, 0) is 0 Å². The molecule has 0 aromatic heterocycles. The SMILES string of the molecule is CC=C(CCC(C)C1CCC2C3=C(CCC21C)C1(C)CCC(O)C(=CC)C1CC3)C(C)C. The summed E-state index contributed by atoms with van der Waals surface area (Å²) in [5, 5.41) is 10.7. The summed E-state index contributed by atoms with van der Waals surface area (Å²) in [6.45, 7) is 16.9. The van der Waals surface area contributed by atoms with E-state index in [1.54, 1.807) is 5.57 Å². The third-order valence-electron chi connectivity index (χ3n) is 11.0. The van der Waals surface area contributed by atoms with Gasteiger partial charge in [-0.25, -0.2) is 0 Å². The zero-order valence-electron chi connectivity index (χ0n) is 22.1. The molecule has 4 aliphatic carbocycles. The molecule has 0 aromatic rings. The Kier molecular flexibility index (Phi) is 6.90. The van der Waals surface area contributed by atoms with Crippen LogP contribution in [0.3, 0.4) is 0 Å². The van der Waals surface area contributed by atoms with Crippen molar-refractivity contribution in [1.82, 2.24) is 0 Å². The highest BCUT2D eigenvalue weighted by atomic mass is 16.3. The van der Waals surface area contributed by atoms with Crippen LogP contribution in [0.5, 0.6) is 0 Å². The van der Waals surface area contributed by atoms with Crippen LogP contribution in [0.15, 0.2) is 34.4 Å². The van der Waals surface area contributed by atoms with E-state index >= 15 is 0 Å². The number of rotatable bonds is 5. The molecular formula is C31H50O. The van der Waals surface area contributed by atoms with Gasteiger partial charge < -0.3 is 5.11 Å². The van der Waals surface area contributed by atoms with E-state index in [9.17, 15) is 5.11 Å². The summed E-state index contributed by atoms with van der Waals surface area (Å²) in [7, 11) is 0. The molecule has 0 heterocycles. The number of hydrogen-bond acceptors (Lipinski definition) is 1. The molecule has 1 nitrogen and oxygen atoms in total. The predicted molar refractivity (Wildman–Crippen MR) is 137 cm³/mol. The van der Waals surface area contributed by atoms with E-state index in [0.29, 0.717) is 22.7 Å². The summed E-state index contributed by atoms with van der Waals surface area (Å²) in [6.07, 6.45) is 17.3. The summed E-state index contributed by atoms with van der Waals surface area (Å²) in [5.74, 6) is 3.80. The molecule has 0 bridgehead atoms. The second-order valence-corrected chi connectivity index (χ2v) is 12.6. The van der Waals surface area contributed by atoms with Gasteiger partial charge >= 0.3 is 0 Å². The standard InChI is InChI=1S/C31H50O/c1-8-22(20(3)4)11-10-21(5)25-14-15-27-24-12-13-26-23(9-2)29(32)17-19-31(26,7)28(24)16-18-30(25,27)6/h8-9,20-21,25-27,29,32H,10-19H2,1-7H3. The molecule has 0 aromatic carbocycles. The summed E-state index contributed by atoms with van der Waals surface area (Å²) in [4.78, 5) is 0. The molecule has 7 unspecified atom stereocenters. The first kappa shape index (κ1) is 24.3. The van der Waals surface area contributed by atoms with Gasteiger partial charge in [-0.15, -0.1) is 0 Å². The molecule has 1 heteroatoms. The van der Waals surface area contributed by atoms with Crippen LogP contribution in [0.1, 0.15) is 113 Å². The average molecular weight is 439 g/mol. The highest BCUT2D eigenvalue weighted by Gasteiger charge is 2.56. The van der Waals surface area contributed by atoms with Crippen molar-refractivity contribution in [3.05, 3.63) is 34.4 Å². The fourth-order valence-electron chi connectivity index (χ4n) is 9.15.